The minimum atomic E-state index is -5.56. The number of ether oxygens (including phenoxy) is 1. The molecule has 3 rings (SSSR count). The number of hydrogen-bond acceptors (Lipinski definition) is 20. The third kappa shape index (κ3) is 17.7. The summed E-state index contributed by atoms with van der Waals surface area (Å²) in [6.07, 6.45) is -6.91. The average molecular weight is 926 g/mol. The van der Waals surface area contributed by atoms with E-state index >= 15 is 0 Å². The first-order chi connectivity index (χ1) is 27.2. The highest BCUT2D eigenvalue weighted by molar-refractivity contribution is 8.13. The van der Waals surface area contributed by atoms with Crippen LogP contribution >= 0.6 is 35.2 Å². The Kier molecular flexibility index (Phi) is 19.8. The van der Waals surface area contributed by atoms with Crippen molar-refractivity contribution < 1.29 is 95.2 Å². The number of aromatic nitrogens is 4. The number of phosphoric acid groups is 3. The van der Waals surface area contributed by atoms with Gasteiger partial charge < -0.3 is 56.0 Å². The number of aliphatic hydroxyl groups excluding tert-OH is 2. The van der Waals surface area contributed by atoms with Crippen molar-refractivity contribution in [1.82, 2.24) is 30.2 Å². The third-order valence-electron chi connectivity index (χ3n) is 7.55. The van der Waals surface area contributed by atoms with Crippen LogP contribution in [0.3, 0.4) is 0 Å². The lowest BCUT2D eigenvalue weighted by Crippen LogP contribution is -2.46. The third-order valence-corrected chi connectivity index (χ3v) is 11.5. The number of aliphatic hydroxyl groups is 2. The van der Waals surface area contributed by atoms with E-state index in [0.717, 1.165) is 29.0 Å². The molecule has 3 heterocycles. The molecule has 0 bridgehead atoms. The second-order valence-corrected chi connectivity index (χ2v) is 18.4. The second-order valence-electron chi connectivity index (χ2n) is 12.9. The SMILES string of the molecule is CC(=O)SCCNC(=O)CCNC(=O)C(O)C(C)(C)COP(=O)(O)OP(=O)(O)OC[C@H]1O[C@@H](n2cnc3c(N)ncnc32)[C@H](O)[C@@H]1OP(=O)(O)O.CCC(=O)CC(=O)O. The fourth-order valence-electron chi connectivity index (χ4n) is 4.62. The van der Waals surface area contributed by atoms with Gasteiger partial charge in [0.2, 0.25) is 11.8 Å². The van der Waals surface area contributed by atoms with Gasteiger partial charge in [-0.3, -0.25) is 42.1 Å². The first-order valence-electron chi connectivity index (χ1n) is 16.9. The molecule has 1 aliphatic rings. The van der Waals surface area contributed by atoms with Crippen molar-refractivity contribution in [3.05, 3.63) is 12.7 Å². The maximum absolute atomic E-state index is 12.6. The molecule has 2 aromatic rings. The number of aliphatic carboxylic acids is 1. The van der Waals surface area contributed by atoms with Crippen LogP contribution in [0.15, 0.2) is 12.7 Å². The molecule has 0 saturated carbocycles. The molecule has 11 N–H and O–H groups in total. The van der Waals surface area contributed by atoms with Crippen LogP contribution in [-0.4, -0.2) is 140 Å². The normalized spacial score (nSPS) is 20.7. The van der Waals surface area contributed by atoms with Crippen LogP contribution in [0.25, 0.3) is 11.2 Å². The Hall–Kier alpha value is -3.30. The number of nitrogens with zero attached hydrogens (tertiary/aromatic N) is 4. The number of nitrogens with one attached hydrogen (secondary N) is 2. The number of rotatable bonds is 22. The summed E-state index contributed by atoms with van der Waals surface area (Å²) in [5, 5.41) is 34.0. The molecule has 0 spiro atoms. The molecular formula is C28H46N7O20P3S. The fraction of sp³-hybridized carbons (Fsp3) is 0.643. The number of anilines is 1. The Morgan fingerprint density at radius 1 is 1.03 bits per heavy atom. The number of amides is 2. The molecule has 0 aliphatic carbocycles. The molecule has 7 atom stereocenters. The van der Waals surface area contributed by atoms with Crippen LogP contribution in [-0.2, 0) is 60.3 Å². The maximum atomic E-state index is 12.6. The molecule has 2 amide bonds. The van der Waals surface area contributed by atoms with E-state index in [9.17, 15) is 67.5 Å². The van der Waals surface area contributed by atoms with E-state index in [2.05, 4.69) is 34.4 Å². The summed E-state index contributed by atoms with van der Waals surface area (Å²) in [4.78, 5) is 106. The largest absolute Gasteiger partial charge is 0.481 e. The van der Waals surface area contributed by atoms with E-state index in [1.54, 1.807) is 6.92 Å². The van der Waals surface area contributed by atoms with Crippen LogP contribution in [0, 0.1) is 5.41 Å². The lowest BCUT2D eigenvalue weighted by Gasteiger charge is -2.30. The molecule has 1 saturated heterocycles. The van der Waals surface area contributed by atoms with Crippen molar-refractivity contribution in [1.29, 1.82) is 0 Å². The number of carbonyl (C=O) groups is 5. The van der Waals surface area contributed by atoms with Gasteiger partial charge >= 0.3 is 29.4 Å². The van der Waals surface area contributed by atoms with Gasteiger partial charge in [-0.25, -0.2) is 28.6 Å². The zero-order chi connectivity index (χ0) is 44.9. The maximum Gasteiger partial charge on any atom is 0.481 e. The lowest BCUT2D eigenvalue weighted by molar-refractivity contribution is -0.140. The van der Waals surface area contributed by atoms with Gasteiger partial charge in [-0.05, 0) is 0 Å². The number of carbonyl (C=O) groups excluding carboxylic acids is 4. The number of nitrogen functional groups attached to an aromatic ring is 1. The number of thioether (sulfide) groups is 1. The van der Waals surface area contributed by atoms with Crippen LogP contribution < -0.4 is 16.4 Å². The summed E-state index contributed by atoms with van der Waals surface area (Å²) < 4.78 is 61.8. The predicted molar refractivity (Wildman–Crippen MR) is 200 cm³/mol. The number of Topliss-reactive ketones (excluding diaryl/α,β-unsaturated/α-hetero) is 1. The molecule has 0 aromatic carbocycles. The Bertz CT molecular complexity index is 1950. The summed E-state index contributed by atoms with van der Waals surface area (Å²) in [6.45, 7) is 3.55. The zero-order valence-electron chi connectivity index (χ0n) is 31.8. The first kappa shape index (κ1) is 51.8. The summed E-state index contributed by atoms with van der Waals surface area (Å²) in [6, 6.07) is 0. The standard InChI is InChI=1S/C23H38N7O17P3S.C5H8O3/c1-12(31)51-7-6-25-14(32)4-5-26-21(35)18(34)23(2,3)9-44-50(41,42)47-49(39,40)43-8-13-17(46-48(36,37)38)16(33)22(45-13)30-11-29-15-19(24)27-10-28-20(15)30;1-2-4(6)3-5(7)8/h10-11,13,16-18,22,33-34H,4-9H2,1-3H3,(H,25,32)(H,26,35)(H,39,40)(H,41,42)(H2,24,27,28)(H2,36,37,38);2-3H2,1H3,(H,7,8)/t13-,16-,17-,18?,22-;/m1./s1. The number of carboxylic acids is 1. The van der Waals surface area contributed by atoms with Gasteiger partial charge in [0.25, 0.3) is 0 Å². The van der Waals surface area contributed by atoms with Gasteiger partial charge in [0.05, 0.1) is 19.5 Å². The highest BCUT2D eigenvalue weighted by Crippen LogP contribution is 2.61. The molecule has 31 heteroatoms. The molecule has 334 valence electrons. The van der Waals surface area contributed by atoms with Crippen molar-refractivity contribution >= 4 is 80.9 Å². The molecule has 27 nitrogen and oxygen atoms in total. The van der Waals surface area contributed by atoms with E-state index in [4.69, 9.17) is 24.6 Å². The summed E-state index contributed by atoms with van der Waals surface area (Å²) in [7, 11) is -16.4. The molecule has 2 aromatic heterocycles. The monoisotopic (exact) mass is 925 g/mol. The van der Waals surface area contributed by atoms with E-state index in [-0.39, 0.29) is 53.8 Å². The predicted octanol–water partition coefficient (Wildman–Crippen LogP) is -0.875. The van der Waals surface area contributed by atoms with Crippen molar-refractivity contribution in [2.45, 2.75) is 77.6 Å². The average Bonchev–Trinajstić information content (AvgIpc) is 3.68. The zero-order valence-corrected chi connectivity index (χ0v) is 35.3. The minimum Gasteiger partial charge on any atom is -0.481 e. The molecule has 59 heavy (non-hydrogen) atoms. The summed E-state index contributed by atoms with van der Waals surface area (Å²) in [5.74, 6) is -2.35. The molecule has 0 radical (unpaired) electrons. The Balaban J connectivity index is 0.00000135. The first-order valence-corrected chi connectivity index (χ1v) is 22.4. The Morgan fingerprint density at radius 2 is 1.68 bits per heavy atom. The molecule has 1 aliphatic heterocycles. The van der Waals surface area contributed by atoms with Crippen molar-refractivity contribution in [3.63, 3.8) is 0 Å². The number of imidazole rings is 1. The lowest BCUT2D eigenvalue weighted by atomic mass is 9.87. The Morgan fingerprint density at radius 3 is 2.25 bits per heavy atom. The highest BCUT2D eigenvalue weighted by atomic mass is 32.2. The van der Waals surface area contributed by atoms with Crippen LogP contribution in [0.4, 0.5) is 5.82 Å². The summed E-state index contributed by atoms with van der Waals surface area (Å²) >= 11 is 1.03. The minimum absolute atomic E-state index is 0.0310. The number of fused-ring (bicyclic) bond motifs is 1. The molecule has 1 fully saturated rings. The number of carboxylic acid groups (broad SMARTS) is 1. The highest BCUT2D eigenvalue weighted by Gasteiger charge is 2.50. The van der Waals surface area contributed by atoms with Crippen molar-refractivity contribution in [2.24, 2.45) is 5.41 Å². The van der Waals surface area contributed by atoms with Crippen LogP contribution in [0.2, 0.25) is 0 Å². The summed E-state index contributed by atoms with van der Waals surface area (Å²) in [5.41, 5.74) is 4.26. The van der Waals surface area contributed by atoms with E-state index < -0.39 is 90.5 Å². The smallest absolute Gasteiger partial charge is 0.481 e. The molecule has 3 unspecified atom stereocenters. The Labute approximate surface area is 339 Å². The quantitative estimate of drug-likeness (QED) is 0.0389. The number of phosphoric ester groups is 3. The molecular weight excluding hydrogens is 879 g/mol. The van der Waals surface area contributed by atoms with Gasteiger partial charge in [-0.15, -0.1) is 0 Å². The van der Waals surface area contributed by atoms with Crippen LogP contribution in [0.5, 0.6) is 0 Å². The van der Waals surface area contributed by atoms with Crippen LogP contribution in [0.1, 0.15) is 53.2 Å². The van der Waals surface area contributed by atoms with E-state index in [1.165, 1.54) is 20.8 Å². The van der Waals surface area contributed by atoms with Gasteiger partial charge in [0.1, 0.15) is 48.5 Å². The topological polar surface area (TPSA) is 418 Å². The number of ketones is 1. The van der Waals surface area contributed by atoms with Gasteiger partial charge in [-0.1, -0.05) is 32.5 Å². The van der Waals surface area contributed by atoms with E-state index in [1.807, 2.05) is 0 Å². The van der Waals surface area contributed by atoms with E-state index in [0.29, 0.717) is 12.2 Å². The van der Waals surface area contributed by atoms with Gasteiger partial charge in [0.15, 0.2) is 22.8 Å². The van der Waals surface area contributed by atoms with Crippen molar-refractivity contribution in [2.75, 3.05) is 37.8 Å². The second kappa shape index (κ2) is 22.5. The van der Waals surface area contributed by atoms with Gasteiger partial charge in [-0.2, -0.15) is 4.31 Å². The van der Waals surface area contributed by atoms with Gasteiger partial charge in [0, 0.05) is 44.0 Å². The fourth-order valence-corrected chi connectivity index (χ4v) is 7.94. The van der Waals surface area contributed by atoms with Crippen molar-refractivity contribution in [3.8, 4) is 0 Å². The number of nitrogens with two attached hydrogens (primary N) is 1. The number of hydrogen-bond donors (Lipinski definition) is 10.